The molecule has 1 aromatic heterocycles. The fourth-order valence-corrected chi connectivity index (χ4v) is 1.21. The fourth-order valence-electron chi connectivity index (χ4n) is 0.895. The number of aryl methyl sites for hydroxylation is 1. The number of nitrogen functional groups attached to an aromatic ring is 1. The highest BCUT2D eigenvalue weighted by molar-refractivity contribution is 9.10. The predicted molar refractivity (Wildman–Crippen MR) is 49.5 cm³/mol. The van der Waals surface area contributed by atoms with Gasteiger partial charge >= 0.3 is 0 Å². The molecule has 0 aliphatic carbocycles. The molecule has 0 spiro atoms. The van der Waals surface area contributed by atoms with E-state index < -0.39 is 0 Å². The van der Waals surface area contributed by atoms with E-state index in [9.17, 15) is 4.39 Å². The Morgan fingerprint density at radius 1 is 1.58 bits per heavy atom. The van der Waals surface area contributed by atoms with Crippen molar-refractivity contribution in [2.24, 2.45) is 0 Å². The molecular formula is C7H11BrFN3. The van der Waals surface area contributed by atoms with Crippen LogP contribution in [0, 0.1) is 0 Å². The maximum atomic E-state index is 11.7. The van der Waals surface area contributed by atoms with E-state index in [-0.39, 0.29) is 6.67 Å². The Kier molecular flexibility index (Phi) is 3.52. The van der Waals surface area contributed by atoms with Crippen LogP contribution in [0.1, 0.15) is 12.8 Å². The summed E-state index contributed by atoms with van der Waals surface area (Å²) in [5.41, 5.74) is 5.49. The zero-order valence-electron chi connectivity index (χ0n) is 6.63. The molecule has 0 radical (unpaired) electrons. The molecule has 0 amide bonds. The molecule has 12 heavy (non-hydrogen) atoms. The lowest BCUT2D eigenvalue weighted by atomic mass is 10.3. The maximum Gasteiger partial charge on any atom is 0.159 e. The van der Waals surface area contributed by atoms with Crippen LogP contribution in [0.5, 0.6) is 0 Å². The van der Waals surface area contributed by atoms with Gasteiger partial charge in [-0.25, -0.2) is 0 Å². The average molecular weight is 236 g/mol. The van der Waals surface area contributed by atoms with Gasteiger partial charge in [-0.3, -0.25) is 9.07 Å². The van der Waals surface area contributed by atoms with Gasteiger partial charge in [0.25, 0.3) is 0 Å². The van der Waals surface area contributed by atoms with Crippen molar-refractivity contribution in [3.8, 4) is 0 Å². The summed E-state index contributed by atoms with van der Waals surface area (Å²) in [5.74, 6) is 0.482. The van der Waals surface area contributed by atoms with Crippen LogP contribution in [-0.4, -0.2) is 16.5 Å². The first kappa shape index (κ1) is 9.51. The summed E-state index contributed by atoms with van der Waals surface area (Å²) >= 11 is 3.24. The maximum absolute atomic E-state index is 11.7. The third-order valence-electron chi connectivity index (χ3n) is 1.51. The van der Waals surface area contributed by atoms with Gasteiger partial charge in [0.15, 0.2) is 5.82 Å². The molecule has 3 nitrogen and oxygen atoms in total. The smallest absolute Gasteiger partial charge is 0.159 e. The van der Waals surface area contributed by atoms with E-state index in [0.717, 1.165) is 17.4 Å². The molecule has 0 bridgehead atoms. The molecule has 2 N–H and O–H groups in total. The van der Waals surface area contributed by atoms with Gasteiger partial charge in [-0.1, -0.05) is 0 Å². The summed E-state index contributed by atoms with van der Waals surface area (Å²) in [7, 11) is 0. The number of hydrogen-bond donors (Lipinski definition) is 1. The van der Waals surface area contributed by atoms with E-state index in [0.29, 0.717) is 12.2 Å². The number of alkyl halides is 1. The lowest BCUT2D eigenvalue weighted by molar-refractivity contribution is 0.440. The van der Waals surface area contributed by atoms with Crippen LogP contribution >= 0.6 is 15.9 Å². The van der Waals surface area contributed by atoms with Crippen LogP contribution in [-0.2, 0) is 6.54 Å². The summed E-state index contributed by atoms with van der Waals surface area (Å²) in [6.45, 7) is 0.456. The molecule has 1 heterocycles. The molecule has 1 rings (SSSR count). The number of halogens is 2. The van der Waals surface area contributed by atoms with Gasteiger partial charge in [-0.05, 0) is 28.8 Å². The average Bonchev–Trinajstić information content (AvgIpc) is 2.32. The molecule has 68 valence electrons. The van der Waals surface area contributed by atoms with Crippen molar-refractivity contribution >= 4 is 21.7 Å². The second kappa shape index (κ2) is 4.45. The van der Waals surface area contributed by atoms with Gasteiger partial charge in [0, 0.05) is 12.7 Å². The molecule has 0 aliphatic rings. The molecule has 0 unspecified atom stereocenters. The number of unbranched alkanes of at least 4 members (excludes halogenated alkanes) is 1. The van der Waals surface area contributed by atoms with Gasteiger partial charge < -0.3 is 5.73 Å². The van der Waals surface area contributed by atoms with Crippen molar-refractivity contribution in [1.29, 1.82) is 0 Å². The standard InChI is InChI=1S/C7H11BrFN3/c8-6-5-12(11-7(6)10)4-2-1-3-9/h5H,1-4H2,(H2,10,11). The summed E-state index contributed by atoms with van der Waals surface area (Å²) in [5, 5.41) is 4.01. The third kappa shape index (κ3) is 2.48. The molecule has 0 aromatic carbocycles. The molecule has 1 aromatic rings. The SMILES string of the molecule is Nc1nn(CCCCF)cc1Br. The molecule has 0 atom stereocenters. The Labute approximate surface area is 78.9 Å². The normalized spacial score (nSPS) is 10.5. The first-order valence-corrected chi connectivity index (χ1v) is 4.57. The Hall–Kier alpha value is -0.580. The summed E-state index contributed by atoms with van der Waals surface area (Å²) in [4.78, 5) is 0. The molecule has 5 heteroatoms. The molecular weight excluding hydrogens is 225 g/mol. The summed E-state index contributed by atoms with van der Waals surface area (Å²) in [6, 6.07) is 0. The number of nitrogens with zero attached hydrogens (tertiary/aromatic N) is 2. The molecule has 0 fully saturated rings. The summed E-state index contributed by atoms with van der Waals surface area (Å²) < 4.78 is 14.2. The second-order valence-corrected chi connectivity index (χ2v) is 3.38. The van der Waals surface area contributed by atoms with Crippen LogP contribution in [0.2, 0.25) is 0 Å². The minimum atomic E-state index is -0.266. The minimum absolute atomic E-state index is 0.266. The Morgan fingerprint density at radius 3 is 2.83 bits per heavy atom. The van der Waals surface area contributed by atoms with E-state index in [4.69, 9.17) is 5.73 Å². The van der Waals surface area contributed by atoms with Crippen molar-refractivity contribution < 1.29 is 4.39 Å². The topological polar surface area (TPSA) is 43.8 Å². The Bertz CT molecular complexity index is 229. The van der Waals surface area contributed by atoms with Crippen molar-refractivity contribution in [3.05, 3.63) is 10.7 Å². The zero-order valence-corrected chi connectivity index (χ0v) is 8.22. The van der Waals surface area contributed by atoms with Crippen LogP contribution in [0.15, 0.2) is 10.7 Å². The molecule has 0 saturated heterocycles. The van der Waals surface area contributed by atoms with E-state index >= 15 is 0 Å². The highest BCUT2D eigenvalue weighted by atomic mass is 79.9. The summed E-state index contributed by atoms with van der Waals surface area (Å²) in [6.07, 6.45) is 3.18. The van der Waals surface area contributed by atoms with Gasteiger partial charge in [0.05, 0.1) is 11.1 Å². The quantitative estimate of drug-likeness (QED) is 0.812. The van der Waals surface area contributed by atoms with Crippen LogP contribution < -0.4 is 5.73 Å². The third-order valence-corrected chi connectivity index (χ3v) is 2.13. The van der Waals surface area contributed by atoms with Gasteiger partial charge in [0.1, 0.15) is 0 Å². The highest BCUT2D eigenvalue weighted by Gasteiger charge is 2.00. The highest BCUT2D eigenvalue weighted by Crippen LogP contribution is 2.16. The van der Waals surface area contributed by atoms with Gasteiger partial charge in [-0.15, -0.1) is 0 Å². The van der Waals surface area contributed by atoms with Gasteiger partial charge in [-0.2, -0.15) is 5.10 Å². The van der Waals surface area contributed by atoms with Crippen molar-refractivity contribution in [3.63, 3.8) is 0 Å². The van der Waals surface area contributed by atoms with E-state index in [1.54, 1.807) is 10.9 Å². The first-order chi connectivity index (χ1) is 5.74. The van der Waals surface area contributed by atoms with Crippen LogP contribution in [0.25, 0.3) is 0 Å². The first-order valence-electron chi connectivity index (χ1n) is 3.78. The largest absolute Gasteiger partial charge is 0.381 e. The number of anilines is 1. The second-order valence-electron chi connectivity index (χ2n) is 2.52. The number of aromatic nitrogens is 2. The number of nitrogens with two attached hydrogens (primary N) is 1. The van der Waals surface area contributed by atoms with E-state index in [1.807, 2.05) is 0 Å². The fraction of sp³-hybridized carbons (Fsp3) is 0.571. The van der Waals surface area contributed by atoms with Crippen molar-refractivity contribution in [1.82, 2.24) is 9.78 Å². The van der Waals surface area contributed by atoms with Crippen LogP contribution in [0.4, 0.5) is 10.2 Å². The lowest BCUT2D eigenvalue weighted by Crippen LogP contribution is -1.99. The Morgan fingerprint density at radius 2 is 2.33 bits per heavy atom. The predicted octanol–water partition coefficient (Wildman–Crippen LogP) is 1.98. The molecule has 0 saturated carbocycles. The van der Waals surface area contributed by atoms with E-state index in [2.05, 4.69) is 21.0 Å². The van der Waals surface area contributed by atoms with Crippen molar-refractivity contribution in [2.75, 3.05) is 12.4 Å². The molecule has 0 aliphatic heterocycles. The number of rotatable bonds is 4. The monoisotopic (exact) mass is 235 g/mol. The minimum Gasteiger partial charge on any atom is -0.381 e. The number of hydrogen-bond acceptors (Lipinski definition) is 2. The zero-order chi connectivity index (χ0) is 8.97. The lowest BCUT2D eigenvalue weighted by Gasteiger charge is -1.97. The van der Waals surface area contributed by atoms with Gasteiger partial charge in [0.2, 0.25) is 0 Å². The Balaban J connectivity index is 2.42. The van der Waals surface area contributed by atoms with Crippen molar-refractivity contribution in [2.45, 2.75) is 19.4 Å². The van der Waals surface area contributed by atoms with Crippen LogP contribution in [0.3, 0.4) is 0 Å². The van der Waals surface area contributed by atoms with E-state index in [1.165, 1.54) is 0 Å².